The highest BCUT2D eigenvalue weighted by Crippen LogP contribution is 2.21. The summed E-state index contributed by atoms with van der Waals surface area (Å²) in [6.45, 7) is 2.06. The average molecular weight is 389 g/mol. The second kappa shape index (κ2) is 8.16. The summed E-state index contributed by atoms with van der Waals surface area (Å²) in [6, 6.07) is 6.58. The largest absolute Gasteiger partial charge is 0.452 e. The van der Waals surface area contributed by atoms with E-state index in [1.54, 1.807) is 24.3 Å². The molecule has 1 aromatic rings. The molecule has 1 amide bonds. The number of sulfonamides is 1. The number of nitrogens with one attached hydrogen (secondary N) is 1. The summed E-state index contributed by atoms with van der Waals surface area (Å²) in [5.74, 6) is -1.32. The van der Waals surface area contributed by atoms with Crippen LogP contribution in [0.4, 0.5) is 5.69 Å². The molecule has 0 aliphatic carbocycles. The third-order valence-electron chi connectivity index (χ3n) is 4.03. The number of hydrogen-bond donors (Lipinski definition) is 1. The van der Waals surface area contributed by atoms with Crippen LogP contribution >= 0.6 is 11.6 Å². The molecule has 0 bridgehead atoms. The summed E-state index contributed by atoms with van der Waals surface area (Å²) in [6.07, 6.45) is 0.972. The Kier molecular flexibility index (Phi) is 6.42. The molecule has 9 heteroatoms. The molecule has 0 spiro atoms. The molecule has 0 saturated carbocycles. The highest BCUT2D eigenvalue weighted by Gasteiger charge is 2.31. The predicted octanol–water partition coefficient (Wildman–Crippen LogP) is 1.88. The zero-order valence-electron chi connectivity index (χ0n) is 14.1. The molecule has 1 fully saturated rings. The van der Waals surface area contributed by atoms with Crippen molar-refractivity contribution in [1.82, 2.24) is 4.31 Å². The van der Waals surface area contributed by atoms with Gasteiger partial charge in [-0.15, -0.1) is 0 Å². The second-order valence-electron chi connectivity index (χ2n) is 6.01. The number of esters is 1. The topological polar surface area (TPSA) is 92.8 Å². The van der Waals surface area contributed by atoms with Crippen LogP contribution in [-0.4, -0.2) is 50.0 Å². The molecule has 25 heavy (non-hydrogen) atoms. The number of carbonyl (C=O) groups excluding carboxylic acids is 2. The fourth-order valence-electron chi connectivity index (χ4n) is 2.52. The van der Waals surface area contributed by atoms with E-state index in [4.69, 9.17) is 16.3 Å². The normalized spacial score (nSPS) is 17.7. The number of halogens is 1. The van der Waals surface area contributed by atoms with Gasteiger partial charge in [0.15, 0.2) is 6.10 Å². The van der Waals surface area contributed by atoms with E-state index in [2.05, 4.69) is 5.32 Å². The van der Waals surface area contributed by atoms with Crippen molar-refractivity contribution in [3.63, 3.8) is 0 Å². The molecule has 7 nitrogen and oxygen atoms in total. The number of benzene rings is 1. The first-order valence-electron chi connectivity index (χ1n) is 7.89. The van der Waals surface area contributed by atoms with Crippen LogP contribution in [0.2, 0.25) is 5.02 Å². The Bertz CT molecular complexity index is 727. The number of piperidine rings is 1. The lowest BCUT2D eigenvalue weighted by Gasteiger charge is -2.29. The standard InChI is InChI=1S/C16H21ClN2O5S/c1-11(15(20)18-14-5-3-13(17)4-6-14)24-16(21)12-7-9-19(10-8-12)25(2,22)23/h3-6,11-12H,7-10H2,1-2H3,(H,18,20). The molecular formula is C16H21ClN2O5S. The van der Waals surface area contributed by atoms with Crippen molar-refractivity contribution >= 4 is 39.2 Å². The monoisotopic (exact) mass is 388 g/mol. The number of nitrogens with zero attached hydrogens (tertiary/aromatic N) is 1. The number of rotatable bonds is 5. The van der Waals surface area contributed by atoms with Gasteiger partial charge in [-0.05, 0) is 44.0 Å². The molecule has 138 valence electrons. The SMILES string of the molecule is CC(OC(=O)C1CCN(S(C)(=O)=O)CC1)C(=O)Nc1ccc(Cl)cc1. The van der Waals surface area contributed by atoms with E-state index in [1.807, 2.05) is 0 Å². The molecule has 1 aliphatic heterocycles. The highest BCUT2D eigenvalue weighted by atomic mass is 35.5. The van der Waals surface area contributed by atoms with Crippen molar-refractivity contribution in [2.45, 2.75) is 25.9 Å². The first-order chi connectivity index (χ1) is 11.7. The van der Waals surface area contributed by atoms with Gasteiger partial charge in [-0.1, -0.05) is 11.6 Å². The third-order valence-corrected chi connectivity index (χ3v) is 5.59. The summed E-state index contributed by atoms with van der Waals surface area (Å²) in [5.41, 5.74) is 0.554. The molecular weight excluding hydrogens is 368 g/mol. The van der Waals surface area contributed by atoms with E-state index in [0.29, 0.717) is 23.6 Å². The first kappa shape index (κ1) is 19.7. The Labute approximate surface area is 152 Å². The average Bonchev–Trinajstić information content (AvgIpc) is 2.56. The molecule has 0 aromatic heterocycles. The Morgan fingerprint density at radius 1 is 1.24 bits per heavy atom. The van der Waals surface area contributed by atoms with Crippen LogP contribution in [0.25, 0.3) is 0 Å². The van der Waals surface area contributed by atoms with E-state index in [9.17, 15) is 18.0 Å². The van der Waals surface area contributed by atoms with Crippen molar-refractivity contribution < 1.29 is 22.7 Å². The number of carbonyl (C=O) groups is 2. The summed E-state index contributed by atoms with van der Waals surface area (Å²) in [5, 5.41) is 3.20. The number of anilines is 1. The van der Waals surface area contributed by atoms with Crippen LogP contribution in [-0.2, 0) is 24.3 Å². The van der Waals surface area contributed by atoms with Crippen molar-refractivity contribution in [3.8, 4) is 0 Å². The molecule has 1 aromatic carbocycles. The zero-order valence-corrected chi connectivity index (χ0v) is 15.6. The van der Waals surface area contributed by atoms with Crippen LogP contribution in [0.5, 0.6) is 0 Å². The van der Waals surface area contributed by atoms with Gasteiger partial charge in [-0.3, -0.25) is 9.59 Å². The molecule has 0 radical (unpaired) electrons. The summed E-state index contributed by atoms with van der Waals surface area (Å²) in [4.78, 5) is 24.3. The zero-order chi connectivity index (χ0) is 18.6. The maximum absolute atomic E-state index is 12.2. The first-order valence-corrected chi connectivity index (χ1v) is 10.1. The van der Waals surface area contributed by atoms with E-state index in [0.717, 1.165) is 6.26 Å². The van der Waals surface area contributed by atoms with E-state index >= 15 is 0 Å². The third kappa shape index (κ3) is 5.69. The van der Waals surface area contributed by atoms with Gasteiger partial charge in [0.1, 0.15) is 0 Å². The van der Waals surface area contributed by atoms with Gasteiger partial charge in [0, 0.05) is 23.8 Å². The summed E-state index contributed by atoms with van der Waals surface area (Å²) >= 11 is 5.78. The van der Waals surface area contributed by atoms with E-state index < -0.39 is 33.9 Å². The van der Waals surface area contributed by atoms with Crippen molar-refractivity contribution in [2.75, 3.05) is 24.7 Å². The van der Waals surface area contributed by atoms with Crippen molar-refractivity contribution in [3.05, 3.63) is 29.3 Å². The van der Waals surface area contributed by atoms with E-state index in [1.165, 1.54) is 11.2 Å². The number of ether oxygens (including phenoxy) is 1. The fraction of sp³-hybridized carbons (Fsp3) is 0.500. The summed E-state index contributed by atoms with van der Waals surface area (Å²) < 4.78 is 29.5. The summed E-state index contributed by atoms with van der Waals surface area (Å²) in [7, 11) is -3.24. The smallest absolute Gasteiger partial charge is 0.309 e. The van der Waals surface area contributed by atoms with Gasteiger partial charge in [-0.2, -0.15) is 0 Å². The molecule has 1 aliphatic rings. The number of amides is 1. The Hall–Kier alpha value is -1.64. The Morgan fingerprint density at radius 3 is 2.32 bits per heavy atom. The lowest BCUT2D eigenvalue weighted by molar-refractivity contribution is -0.158. The Morgan fingerprint density at radius 2 is 1.80 bits per heavy atom. The molecule has 1 heterocycles. The Balaban J connectivity index is 1.83. The maximum atomic E-state index is 12.2. The fourth-order valence-corrected chi connectivity index (χ4v) is 3.52. The van der Waals surface area contributed by atoms with Gasteiger partial charge >= 0.3 is 5.97 Å². The van der Waals surface area contributed by atoms with Crippen LogP contribution in [0.1, 0.15) is 19.8 Å². The van der Waals surface area contributed by atoms with Gasteiger partial charge in [0.25, 0.3) is 5.91 Å². The maximum Gasteiger partial charge on any atom is 0.309 e. The number of hydrogen-bond acceptors (Lipinski definition) is 5. The molecule has 1 N–H and O–H groups in total. The minimum atomic E-state index is -3.24. The molecule has 1 saturated heterocycles. The minimum Gasteiger partial charge on any atom is -0.452 e. The lowest BCUT2D eigenvalue weighted by atomic mass is 9.98. The lowest BCUT2D eigenvalue weighted by Crippen LogP contribution is -2.41. The van der Waals surface area contributed by atoms with Crippen LogP contribution < -0.4 is 5.32 Å². The van der Waals surface area contributed by atoms with Crippen molar-refractivity contribution in [2.24, 2.45) is 5.92 Å². The van der Waals surface area contributed by atoms with Gasteiger partial charge in [-0.25, -0.2) is 12.7 Å². The molecule has 1 unspecified atom stereocenters. The van der Waals surface area contributed by atoms with Gasteiger partial charge < -0.3 is 10.1 Å². The van der Waals surface area contributed by atoms with E-state index in [-0.39, 0.29) is 13.1 Å². The highest BCUT2D eigenvalue weighted by molar-refractivity contribution is 7.88. The molecule has 1 atom stereocenters. The van der Waals surface area contributed by atoms with Crippen molar-refractivity contribution in [1.29, 1.82) is 0 Å². The van der Waals surface area contributed by atoms with Crippen LogP contribution in [0.15, 0.2) is 24.3 Å². The minimum absolute atomic E-state index is 0.282. The predicted molar refractivity (Wildman–Crippen MR) is 94.8 cm³/mol. The quantitative estimate of drug-likeness (QED) is 0.777. The van der Waals surface area contributed by atoms with Crippen LogP contribution in [0.3, 0.4) is 0 Å². The molecule has 2 rings (SSSR count). The van der Waals surface area contributed by atoms with Gasteiger partial charge in [0.2, 0.25) is 10.0 Å². The van der Waals surface area contributed by atoms with Gasteiger partial charge in [0.05, 0.1) is 12.2 Å². The second-order valence-corrected chi connectivity index (χ2v) is 8.43. The van der Waals surface area contributed by atoms with Crippen LogP contribution in [0, 0.1) is 5.92 Å².